The van der Waals surface area contributed by atoms with Crippen molar-refractivity contribution < 1.29 is 17.9 Å². The van der Waals surface area contributed by atoms with Crippen molar-refractivity contribution in [2.75, 3.05) is 24.6 Å². The number of rotatable bonds is 7. The maximum atomic E-state index is 11.8. The summed E-state index contributed by atoms with van der Waals surface area (Å²) < 4.78 is 31.4. The number of ether oxygens (including phenoxy) is 1. The highest BCUT2D eigenvalue weighted by atomic mass is 32.2. The van der Waals surface area contributed by atoms with Crippen LogP contribution in [0.3, 0.4) is 0 Å². The average molecular weight is 313 g/mol. The van der Waals surface area contributed by atoms with Crippen LogP contribution in [0.15, 0.2) is 24.3 Å². The molecule has 8 heteroatoms. The second-order valence-electron chi connectivity index (χ2n) is 4.89. The van der Waals surface area contributed by atoms with E-state index in [4.69, 9.17) is 10.5 Å². The zero-order valence-corrected chi connectivity index (χ0v) is 12.4. The molecule has 21 heavy (non-hydrogen) atoms. The third-order valence-electron chi connectivity index (χ3n) is 3.11. The van der Waals surface area contributed by atoms with Crippen LogP contribution in [-0.2, 0) is 14.8 Å². The second-order valence-corrected chi connectivity index (χ2v) is 6.82. The molecule has 0 bridgehead atoms. The molecule has 1 amide bonds. The lowest BCUT2D eigenvalue weighted by molar-refractivity contribution is -0.119. The molecule has 1 aliphatic heterocycles. The van der Waals surface area contributed by atoms with Crippen molar-refractivity contribution in [2.45, 2.75) is 18.9 Å². The van der Waals surface area contributed by atoms with Gasteiger partial charge in [0.15, 0.2) is 0 Å². The van der Waals surface area contributed by atoms with Gasteiger partial charge in [0.1, 0.15) is 12.4 Å². The monoisotopic (exact) mass is 313 g/mol. The third-order valence-corrected chi connectivity index (χ3v) is 4.42. The predicted molar refractivity (Wildman–Crippen MR) is 79.3 cm³/mol. The minimum absolute atomic E-state index is 0.0375. The molecule has 1 aliphatic rings. The van der Waals surface area contributed by atoms with Crippen molar-refractivity contribution in [3.05, 3.63) is 24.3 Å². The van der Waals surface area contributed by atoms with Crippen molar-refractivity contribution in [3.63, 3.8) is 0 Å². The first-order chi connectivity index (χ1) is 9.94. The lowest BCUT2D eigenvalue weighted by Gasteiger charge is -2.12. The summed E-state index contributed by atoms with van der Waals surface area (Å²) in [5, 5.41) is 2.70. The molecular formula is C13H19N3O4S. The molecule has 1 heterocycles. The van der Waals surface area contributed by atoms with Gasteiger partial charge in [0.2, 0.25) is 15.9 Å². The zero-order valence-electron chi connectivity index (χ0n) is 11.5. The maximum absolute atomic E-state index is 11.8. The lowest BCUT2D eigenvalue weighted by atomic mass is 10.2. The zero-order chi connectivity index (χ0) is 15.3. The Balaban J connectivity index is 1.72. The van der Waals surface area contributed by atoms with E-state index >= 15 is 0 Å². The molecule has 0 aliphatic carbocycles. The second kappa shape index (κ2) is 6.77. The molecule has 1 fully saturated rings. The van der Waals surface area contributed by atoms with Gasteiger partial charge in [0, 0.05) is 30.8 Å². The Morgan fingerprint density at radius 3 is 2.90 bits per heavy atom. The molecule has 0 radical (unpaired) electrons. The van der Waals surface area contributed by atoms with Gasteiger partial charge in [-0.15, -0.1) is 0 Å². The minimum Gasteiger partial charge on any atom is -0.492 e. The minimum atomic E-state index is -3.42. The number of hydrogen-bond donors (Lipinski definition) is 3. The molecule has 4 N–H and O–H groups in total. The molecule has 1 unspecified atom stereocenters. The summed E-state index contributed by atoms with van der Waals surface area (Å²) in [5.41, 5.74) is 6.16. The van der Waals surface area contributed by atoms with Crippen LogP contribution in [-0.4, -0.2) is 39.3 Å². The van der Waals surface area contributed by atoms with Gasteiger partial charge in [-0.2, -0.15) is 0 Å². The van der Waals surface area contributed by atoms with Gasteiger partial charge in [0.05, 0.1) is 5.75 Å². The molecule has 1 atom stereocenters. The number of nitrogens with two attached hydrogens (primary N) is 1. The number of nitrogen functional groups attached to an aromatic ring is 1. The summed E-state index contributed by atoms with van der Waals surface area (Å²) >= 11 is 0. The van der Waals surface area contributed by atoms with Crippen LogP contribution in [0.25, 0.3) is 0 Å². The van der Waals surface area contributed by atoms with Crippen molar-refractivity contribution >= 4 is 21.6 Å². The summed E-state index contributed by atoms with van der Waals surface area (Å²) in [7, 11) is -3.42. The Kier molecular flexibility index (Phi) is 5.03. The van der Waals surface area contributed by atoms with Crippen LogP contribution in [0.1, 0.15) is 12.8 Å². The van der Waals surface area contributed by atoms with E-state index in [9.17, 15) is 13.2 Å². The van der Waals surface area contributed by atoms with Gasteiger partial charge >= 0.3 is 0 Å². The van der Waals surface area contributed by atoms with Crippen molar-refractivity contribution in [2.24, 2.45) is 0 Å². The summed E-state index contributed by atoms with van der Waals surface area (Å²) in [6.45, 7) is 0.252. The van der Waals surface area contributed by atoms with Crippen LogP contribution in [0.4, 0.5) is 5.69 Å². The highest BCUT2D eigenvalue weighted by Crippen LogP contribution is 2.14. The number of nitrogens with one attached hydrogen (secondary N) is 2. The standard InChI is InChI=1S/C13H19N3O4S/c14-10-2-1-3-12(8-10)20-6-7-21(18,19)15-9-11-4-5-13(17)16-11/h1-3,8,11,15H,4-7,9,14H2,(H,16,17). The largest absolute Gasteiger partial charge is 0.492 e. The number of hydrogen-bond acceptors (Lipinski definition) is 5. The quantitative estimate of drug-likeness (QED) is 0.606. The number of anilines is 1. The van der Waals surface area contributed by atoms with Gasteiger partial charge in [-0.05, 0) is 18.6 Å². The highest BCUT2D eigenvalue weighted by molar-refractivity contribution is 7.89. The molecule has 2 rings (SSSR count). The highest BCUT2D eigenvalue weighted by Gasteiger charge is 2.22. The molecule has 1 aromatic carbocycles. The number of sulfonamides is 1. The Labute approximate surface area is 123 Å². The maximum Gasteiger partial charge on any atom is 0.220 e. The van der Waals surface area contributed by atoms with Gasteiger partial charge in [-0.1, -0.05) is 6.07 Å². The summed E-state index contributed by atoms with van der Waals surface area (Å²) in [4.78, 5) is 11.0. The predicted octanol–water partition coefficient (Wildman–Crippen LogP) is -0.154. The van der Waals surface area contributed by atoms with Crippen molar-refractivity contribution in [1.82, 2.24) is 10.0 Å². The Hall–Kier alpha value is -1.80. The normalized spacial score (nSPS) is 18.5. The molecule has 0 aromatic heterocycles. The van der Waals surface area contributed by atoms with E-state index in [0.717, 1.165) is 0 Å². The lowest BCUT2D eigenvalue weighted by Crippen LogP contribution is -2.39. The first kappa shape index (κ1) is 15.6. The number of carbonyl (C=O) groups excluding carboxylic acids is 1. The van der Waals surface area contributed by atoms with E-state index in [1.807, 2.05) is 0 Å². The van der Waals surface area contributed by atoms with Gasteiger partial charge in [-0.3, -0.25) is 4.79 Å². The Morgan fingerprint density at radius 1 is 1.43 bits per heavy atom. The van der Waals surface area contributed by atoms with Crippen LogP contribution >= 0.6 is 0 Å². The van der Waals surface area contributed by atoms with Gasteiger partial charge in [-0.25, -0.2) is 13.1 Å². The number of benzene rings is 1. The van der Waals surface area contributed by atoms with E-state index in [2.05, 4.69) is 10.0 Å². The fourth-order valence-corrected chi connectivity index (χ4v) is 2.91. The van der Waals surface area contributed by atoms with E-state index in [1.54, 1.807) is 24.3 Å². The van der Waals surface area contributed by atoms with E-state index in [-0.39, 0.29) is 30.9 Å². The number of amides is 1. The molecule has 0 spiro atoms. The van der Waals surface area contributed by atoms with Crippen LogP contribution in [0.5, 0.6) is 5.75 Å². The van der Waals surface area contributed by atoms with E-state index in [1.165, 1.54) is 0 Å². The first-order valence-electron chi connectivity index (χ1n) is 6.70. The molecule has 1 aromatic rings. The van der Waals surface area contributed by atoms with E-state index in [0.29, 0.717) is 24.3 Å². The summed E-state index contributed by atoms with van der Waals surface area (Å²) in [6, 6.07) is 6.68. The molecule has 1 saturated heterocycles. The summed E-state index contributed by atoms with van der Waals surface area (Å²) in [6.07, 6.45) is 1.10. The SMILES string of the molecule is Nc1cccc(OCCS(=O)(=O)NCC2CCC(=O)N2)c1. The van der Waals surface area contributed by atoms with Crippen LogP contribution in [0.2, 0.25) is 0 Å². The van der Waals surface area contributed by atoms with Crippen molar-refractivity contribution in [3.8, 4) is 5.75 Å². The smallest absolute Gasteiger partial charge is 0.220 e. The molecule has 0 saturated carbocycles. The average Bonchev–Trinajstić information content (AvgIpc) is 2.82. The topological polar surface area (TPSA) is 111 Å². The Bertz CT molecular complexity index is 603. The first-order valence-corrected chi connectivity index (χ1v) is 8.35. The molecule has 116 valence electrons. The van der Waals surface area contributed by atoms with E-state index < -0.39 is 10.0 Å². The molecule has 7 nitrogen and oxygen atoms in total. The third kappa shape index (κ3) is 5.24. The van der Waals surface area contributed by atoms with Crippen LogP contribution in [0, 0.1) is 0 Å². The molecular weight excluding hydrogens is 294 g/mol. The fourth-order valence-electron chi connectivity index (χ4n) is 2.00. The van der Waals surface area contributed by atoms with Gasteiger partial charge < -0.3 is 15.8 Å². The van der Waals surface area contributed by atoms with Gasteiger partial charge in [0.25, 0.3) is 0 Å². The van der Waals surface area contributed by atoms with Crippen LogP contribution < -0.4 is 20.5 Å². The Morgan fingerprint density at radius 2 is 2.24 bits per heavy atom. The number of carbonyl (C=O) groups is 1. The van der Waals surface area contributed by atoms with Crippen molar-refractivity contribution in [1.29, 1.82) is 0 Å². The summed E-state index contributed by atoms with van der Waals surface area (Å²) in [5.74, 6) is 0.347. The fraction of sp³-hybridized carbons (Fsp3) is 0.462.